The first-order valence-corrected chi connectivity index (χ1v) is 9.99. The molecule has 30 heavy (non-hydrogen) atoms. The summed E-state index contributed by atoms with van der Waals surface area (Å²) in [5, 5.41) is 6.70. The van der Waals surface area contributed by atoms with Gasteiger partial charge in [-0.3, -0.25) is 4.99 Å². The van der Waals surface area contributed by atoms with Crippen molar-refractivity contribution in [2.75, 3.05) is 34.9 Å². The fourth-order valence-electron chi connectivity index (χ4n) is 3.13. The molecule has 0 saturated carbocycles. The standard InChI is InChI=1S/C23H33N3O3.HI/c1-24-23(25-14-10-6-9-13-18-11-7-5-8-12-18)26-17-19-15-20(27-2)22(29-4)21(16-19)28-3;/h5,7-8,11-12,15-16H,6,9-10,13-14,17H2,1-4H3,(H2,24,25,26);1H. The van der Waals surface area contributed by atoms with Crippen LogP contribution < -0.4 is 24.8 Å². The summed E-state index contributed by atoms with van der Waals surface area (Å²) in [6.45, 7) is 1.49. The molecule has 0 spiro atoms. The highest BCUT2D eigenvalue weighted by molar-refractivity contribution is 14.0. The molecule has 0 atom stereocenters. The third kappa shape index (κ3) is 8.30. The Morgan fingerprint density at radius 1 is 0.833 bits per heavy atom. The number of nitrogens with one attached hydrogen (secondary N) is 2. The lowest BCUT2D eigenvalue weighted by Gasteiger charge is -2.16. The zero-order valence-corrected chi connectivity index (χ0v) is 20.7. The van der Waals surface area contributed by atoms with Crippen LogP contribution in [-0.4, -0.2) is 40.9 Å². The Hall–Kier alpha value is -2.16. The van der Waals surface area contributed by atoms with Gasteiger partial charge in [-0.15, -0.1) is 24.0 Å². The summed E-state index contributed by atoms with van der Waals surface area (Å²) in [6.07, 6.45) is 4.63. The van der Waals surface area contributed by atoms with Crippen molar-refractivity contribution in [3.8, 4) is 17.2 Å². The Balaban J connectivity index is 0.00000450. The zero-order chi connectivity index (χ0) is 20.9. The second-order valence-corrected chi connectivity index (χ2v) is 6.68. The quantitative estimate of drug-likeness (QED) is 0.196. The van der Waals surface area contributed by atoms with Gasteiger partial charge in [-0.05, 0) is 42.5 Å². The number of nitrogens with zero attached hydrogens (tertiary/aromatic N) is 1. The molecule has 0 radical (unpaired) electrons. The normalized spacial score (nSPS) is 10.7. The summed E-state index contributed by atoms with van der Waals surface area (Å²) < 4.78 is 16.2. The van der Waals surface area contributed by atoms with Crippen LogP contribution in [-0.2, 0) is 13.0 Å². The van der Waals surface area contributed by atoms with Gasteiger partial charge in [0, 0.05) is 20.1 Å². The van der Waals surface area contributed by atoms with Gasteiger partial charge < -0.3 is 24.8 Å². The van der Waals surface area contributed by atoms with Crippen LogP contribution >= 0.6 is 24.0 Å². The average Bonchev–Trinajstić information content (AvgIpc) is 2.77. The molecule has 0 aliphatic heterocycles. The van der Waals surface area contributed by atoms with Crippen molar-refractivity contribution in [2.45, 2.75) is 32.2 Å². The van der Waals surface area contributed by atoms with Crippen molar-refractivity contribution >= 4 is 29.9 Å². The Morgan fingerprint density at radius 2 is 1.50 bits per heavy atom. The lowest BCUT2D eigenvalue weighted by Crippen LogP contribution is -2.37. The number of halogens is 1. The Labute approximate surface area is 197 Å². The van der Waals surface area contributed by atoms with E-state index in [0.29, 0.717) is 23.8 Å². The van der Waals surface area contributed by atoms with Crippen LogP contribution in [0.5, 0.6) is 17.2 Å². The number of aryl methyl sites for hydroxylation is 1. The van der Waals surface area contributed by atoms with Gasteiger partial charge in [0.2, 0.25) is 5.75 Å². The van der Waals surface area contributed by atoms with Gasteiger partial charge in [0.15, 0.2) is 17.5 Å². The summed E-state index contributed by atoms with van der Waals surface area (Å²) in [5.41, 5.74) is 2.42. The van der Waals surface area contributed by atoms with Crippen molar-refractivity contribution in [3.05, 3.63) is 53.6 Å². The van der Waals surface area contributed by atoms with E-state index in [9.17, 15) is 0 Å². The van der Waals surface area contributed by atoms with Crippen LogP contribution in [0.25, 0.3) is 0 Å². The molecule has 0 aliphatic carbocycles. The Bertz CT molecular complexity index is 745. The van der Waals surface area contributed by atoms with E-state index in [1.807, 2.05) is 12.1 Å². The molecule has 2 aromatic rings. The minimum atomic E-state index is 0. The molecule has 2 rings (SSSR count). The second-order valence-electron chi connectivity index (χ2n) is 6.68. The molecule has 7 heteroatoms. The number of rotatable bonds is 11. The molecule has 0 unspecified atom stereocenters. The van der Waals surface area contributed by atoms with E-state index in [4.69, 9.17) is 14.2 Å². The van der Waals surface area contributed by atoms with E-state index < -0.39 is 0 Å². The molecular formula is C23H34IN3O3. The molecule has 2 aromatic carbocycles. The maximum atomic E-state index is 5.41. The third-order valence-electron chi connectivity index (χ3n) is 4.69. The molecule has 0 amide bonds. The van der Waals surface area contributed by atoms with Crippen molar-refractivity contribution in [1.82, 2.24) is 10.6 Å². The summed E-state index contributed by atoms with van der Waals surface area (Å²) >= 11 is 0. The lowest BCUT2D eigenvalue weighted by atomic mass is 10.1. The monoisotopic (exact) mass is 527 g/mol. The number of benzene rings is 2. The van der Waals surface area contributed by atoms with Crippen LogP contribution in [0, 0.1) is 0 Å². The van der Waals surface area contributed by atoms with E-state index in [-0.39, 0.29) is 24.0 Å². The summed E-state index contributed by atoms with van der Waals surface area (Å²) in [4.78, 5) is 4.29. The molecule has 166 valence electrons. The van der Waals surface area contributed by atoms with Crippen molar-refractivity contribution < 1.29 is 14.2 Å². The Kier molecular flexibility index (Phi) is 12.7. The molecular weight excluding hydrogens is 493 g/mol. The maximum absolute atomic E-state index is 5.41. The average molecular weight is 527 g/mol. The van der Waals surface area contributed by atoms with Gasteiger partial charge in [0.05, 0.1) is 21.3 Å². The molecule has 0 heterocycles. The number of hydrogen-bond donors (Lipinski definition) is 2. The van der Waals surface area contributed by atoms with Crippen molar-refractivity contribution in [2.24, 2.45) is 4.99 Å². The smallest absolute Gasteiger partial charge is 0.203 e. The highest BCUT2D eigenvalue weighted by atomic mass is 127. The first-order valence-electron chi connectivity index (χ1n) is 9.99. The number of methoxy groups -OCH3 is 3. The fraction of sp³-hybridized carbons (Fsp3) is 0.435. The number of aliphatic imine (C=N–C) groups is 1. The van der Waals surface area contributed by atoms with E-state index in [0.717, 1.165) is 30.9 Å². The number of ether oxygens (including phenoxy) is 3. The molecule has 0 bridgehead atoms. The molecule has 0 saturated heterocycles. The van der Waals surface area contributed by atoms with Crippen LogP contribution in [0.15, 0.2) is 47.5 Å². The van der Waals surface area contributed by atoms with Crippen LogP contribution in [0.3, 0.4) is 0 Å². The Morgan fingerprint density at radius 3 is 2.07 bits per heavy atom. The topological polar surface area (TPSA) is 64.1 Å². The predicted molar refractivity (Wildman–Crippen MR) is 134 cm³/mol. The molecule has 0 aliphatic rings. The number of unbranched alkanes of at least 4 members (excludes halogenated alkanes) is 2. The third-order valence-corrected chi connectivity index (χ3v) is 4.69. The predicted octanol–water partition coefficient (Wildman–Crippen LogP) is 4.41. The van der Waals surface area contributed by atoms with E-state index in [1.54, 1.807) is 28.4 Å². The molecule has 0 aromatic heterocycles. The summed E-state index contributed by atoms with van der Waals surface area (Å²) in [7, 11) is 6.61. The summed E-state index contributed by atoms with van der Waals surface area (Å²) in [5.74, 6) is 2.66. The van der Waals surface area contributed by atoms with Crippen molar-refractivity contribution in [3.63, 3.8) is 0 Å². The molecule has 0 fully saturated rings. The van der Waals surface area contributed by atoms with Crippen LogP contribution in [0.1, 0.15) is 30.4 Å². The van der Waals surface area contributed by atoms with Gasteiger partial charge in [0.1, 0.15) is 0 Å². The number of hydrogen-bond acceptors (Lipinski definition) is 4. The molecule has 2 N–H and O–H groups in total. The van der Waals surface area contributed by atoms with E-state index >= 15 is 0 Å². The second kappa shape index (κ2) is 14.8. The first-order chi connectivity index (χ1) is 14.2. The minimum Gasteiger partial charge on any atom is -0.493 e. The largest absolute Gasteiger partial charge is 0.493 e. The SMILES string of the molecule is CN=C(NCCCCCc1ccccc1)NCc1cc(OC)c(OC)c(OC)c1.I. The van der Waals surface area contributed by atoms with E-state index in [1.165, 1.54) is 18.4 Å². The van der Waals surface area contributed by atoms with Crippen LogP contribution in [0.2, 0.25) is 0 Å². The maximum Gasteiger partial charge on any atom is 0.203 e. The number of guanidine groups is 1. The highest BCUT2D eigenvalue weighted by Gasteiger charge is 2.13. The fourth-order valence-corrected chi connectivity index (χ4v) is 3.13. The zero-order valence-electron chi connectivity index (χ0n) is 18.4. The van der Waals surface area contributed by atoms with Gasteiger partial charge in [-0.25, -0.2) is 0 Å². The van der Waals surface area contributed by atoms with E-state index in [2.05, 4.69) is 46.0 Å². The minimum absolute atomic E-state index is 0. The first kappa shape index (κ1) is 25.9. The summed E-state index contributed by atoms with van der Waals surface area (Å²) in [6, 6.07) is 14.5. The van der Waals surface area contributed by atoms with Gasteiger partial charge in [-0.2, -0.15) is 0 Å². The van der Waals surface area contributed by atoms with Gasteiger partial charge in [0.25, 0.3) is 0 Å². The molecule has 6 nitrogen and oxygen atoms in total. The van der Waals surface area contributed by atoms with Gasteiger partial charge >= 0.3 is 0 Å². The van der Waals surface area contributed by atoms with Crippen molar-refractivity contribution in [1.29, 1.82) is 0 Å². The lowest BCUT2D eigenvalue weighted by molar-refractivity contribution is 0.323. The highest BCUT2D eigenvalue weighted by Crippen LogP contribution is 2.38. The van der Waals surface area contributed by atoms with Gasteiger partial charge in [-0.1, -0.05) is 36.8 Å². The van der Waals surface area contributed by atoms with Crippen LogP contribution in [0.4, 0.5) is 0 Å².